The van der Waals surface area contributed by atoms with Crippen LogP contribution in [0, 0.1) is 0 Å². The summed E-state index contributed by atoms with van der Waals surface area (Å²) >= 11 is 6.01. The normalized spacial score (nSPS) is 16.9. The van der Waals surface area contributed by atoms with Gasteiger partial charge in [0.25, 0.3) is 0 Å². The molecule has 0 aliphatic carbocycles. The number of allylic oxidation sites excluding steroid dienone is 1. The second-order valence-corrected chi connectivity index (χ2v) is 7.20. The van der Waals surface area contributed by atoms with Gasteiger partial charge in [0.2, 0.25) is 0 Å². The quantitative estimate of drug-likeness (QED) is 0.567. The smallest absolute Gasteiger partial charge is 0.167 e. The van der Waals surface area contributed by atoms with Crippen molar-refractivity contribution < 1.29 is 4.79 Å². The molecule has 0 spiro atoms. The molecule has 0 bridgehead atoms. The van der Waals surface area contributed by atoms with Gasteiger partial charge < -0.3 is 4.90 Å². The van der Waals surface area contributed by atoms with Crippen molar-refractivity contribution in [3.63, 3.8) is 0 Å². The predicted octanol–water partition coefficient (Wildman–Crippen LogP) is 5.90. The standard InChI is InChI=1S/C24H20ClNO/c25-21-13-11-19(12-14-21)22-17-26(16-18-7-3-1-4-8-18)23(15-24(22)27)20-9-5-2-6-10-20/h1-14,17,23H,15-16H2/t23-/m0/s1. The average molecular weight is 374 g/mol. The first-order chi connectivity index (χ1) is 13.2. The molecule has 27 heavy (non-hydrogen) atoms. The molecule has 1 aliphatic rings. The summed E-state index contributed by atoms with van der Waals surface area (Å²) in [5.74, 6) is 0.162. The summed E-state index contributed by atoms with van der Waals surface area (Å²) in [7, 11) is 0. The van der Waals surface area contributed by atoms with Crippen molar-refractivity contribution in [1.29, 1.82) is 0 Å². The molecule has 0 N–H and O–H groups in total. The minimum Gasteiger partial charge on any atom is -0.365 e. The zero-order chi connectivity index (χ0) is 18.6. The lowest BCUT2D eigenvalue weighted by atomic mass is 9.90. The summed E-state index contributed by atoms with van der Waals surface area (Å²) in [5.41, 5.74) is 4.04. The zero-order valence-electron chi connectivity index (χ0n) is 14.9. The van der Waals surface area contributed by atoms with Gasteiger partial charge in [-0.3, -0.25) is 4.79 Å². The average Bonchev–Trinajstić information content (AvgIpc) is 2.71. The molecule has 3 aromatic rings. The van der Waals surface area contributed by atoms with Crippen molar-refractivity contribution in [2.45, 2.75) is 19.0 Å². The van der Waals surface area contributed by atoms with Gasteiger partial charge in [0.1, 0.15) is 0 Å². The van der Waals surface area contributed by atoms with Crippen LogP contribution in [0.25, 0.3) is 5.57 Å². The number of carbonyl (C=O) groups is 1. The Kier molecular flexibility index (Phi) is 5.08. The van der Waals surface area contributed by atoms with Crippen LogP contribution in [0.15, 0.2) is 91.1 Å². The molecule has 2 nitrogen and oxygen atoms in total. The molecular weight excluding hydrogens is 354 g/mol. The van der Waals surface area contributed by atoms with Crippen LogP contribution in [0.1, 0.15) is 29.2 Å². The molecule has 0 saturated carbocycles. The van der Waals surface area contributed by atoms with Crippen molar-refractivity contribution in [2.24, 2.45) is 0 Å². The summed E-state index contributed by atoms with van der Waals surface area (Å²) in [6.07, 6.45) is 2.48. The highest BCUT2D eigenvalue weighted by atomic mass is 35.5. The molecule has 0 saturated heterocycles. The highest BCUT2D eigenvalue weighted by Gasteiger charge is 2.29. The third kappa shape index (κ3) is 3.96. The highest BCUT2D eigenvalue weighted by molar-refractivity contribution is 6.30. The van der Waals surface area contributed by atoms with Crippen molar-refractivity contribution >= 4 is 23.0 Å². The van der Waals surface area contributed by atoms with Gasteiger partial charge in [-0.25, -0.2) is 0 Å². The van der Waals surface area contributed by atoms with Crippen molar-refractivity contribution in [3.05, 3.63) is 113 Å². The Bertz CT molecular complexity index is 949. The third-order valence-electron chi connectivity index (χ3n) is 4.92. The monoisotopic (exact) mass is 373 g/mol. The molecule has 1 atom stereocenters. The Labute approximate surface area is 164 Å². The van der Waals surface area contributed by atoms with Crippen LogP contribution in [-0.4, -0.2) is 10.7 Å². The molecule has 0 radical (unpaired) electrons. The van der Waals surface area contributed by atoms with E-state index in [2.05, 4.69) is 29.2 Å². The number of nitrogens with zero attached hydrogens (tertiary/aromatic N) is 1. The SMILES string of the molecule is O=C1C[C@@H](c2ccccc2)N(Cc2ccccc2)C=C1c1ccc(Cl)cc1. The molecule has 0 unspecified atom stereocenters. The van der Waals surface area contributed by atoms with Crippen LogP contribution in [0.5, 0.6) is 0 Å². The minimum absolute atomic E-state index is 0.0370. The summed E-state index contributed by atoms with van der Waals surface area (Å²) in [6.45, 7) is 0.755. The van der Waals surface area contributed by atoms with E-state index in [1.54, 1.807) is 0 Å². The van der Waals surface area contributed by atoms with Crippen LogP contribution in [0.3, 0.4) is 0 Å². The van der Waals surface area contributed by atoms with Gasteiger partial charge in [0.05, 0.1) is 6.04 Å². The molecular formula is C24H20ClNO. The lowest BCUT2D eigenvalue weighted by Gasteiger charge is -2.35. The molecule has 0 fully saturated rings. The lowest BCUT2D eigenvalue weighted by molar-refractivity contribution is -0.115. The van der Waals surface area contributed by atoms with E-state index in [1.165, 1.54) is 5.56 Å². The Morgan fingerprint density at radius 2 is 1.48 bits per heavy atom. The Hall–Kier alpha value is -2.84. The zero-order valence-corrected chi connectivity index (χ0v) is 15.6. The largest absolute Gasteiger partial charge is 0.365 e. The Morgan fingerprint density at radius 3 is 2.15 bits per heavy atom. The first kappa shape index (κ1) is 17.6. The first-order valence-electron chi connectivity index (χ1n) is 9.06. The number of Topliss-reactive ketones (excluding diaryl/α,β-unsaturated/α-hetero) is 1. The third-order valence-corrected chi connectivity index (χ3v) is 5.17. The van der Waals surface area contributed by atoms with Gasteiger partial charge in [-0.15, -0.1) is 0 Å². The fraction of sp³-hybridized carbons (Fsp3) is 0.125. The molecule has 3 aromatic carbocycles. The van der Waals surface area contributed by atoms with Crippen molar-refractivity contribution in [2.75, 3.05) is 0 Å². The van der Waals surface area contributed by atoms with Crippen LogP contribution in [0.2, 0.25) is 5.02 Å². The topological polar surface area (TPSA) is 20.3 Å². The van der Waals surface area contributed by atoms with Gasteiger partial charge in [-0.05, 0) is 28.8 Å². The van der Waals surface area contributed by atoms with E-state index >= 15 is 0 Å². The molecule has 4 rings (SSSR count). The maximum absolute atomic E-state index is 12.9. The Balaban J connectivity index is 1.73. The summed E-state index contributed by atoms with van der Waals surface area (Å²) < 4.78 is 0. The van der Waals surface area contributed by atoms with Gasteiger partial charge in [0, 0.05) is 29.8 Å². The van der Waals surface area contributed by atoms with Gasteiger partial charge in [0.15, 0.2) is 5.78 Å². The fourth-order valence-corrected chi connectivity index (χ4v) is 3.66. The Morgan fingerprint density at radius 1 is 0.852 bits per heavy atom. The van der Waals surface area contributed by atoms with E-state index in [4.69, 9.17) is 11.6 Å². The van der Waals surface area contributed by atoms with Crippen LogP contribution in [-0.2, 0) is 11.3 Å². The number of ketones is 1. The molecule has 1 aliphatic heterocycles. The second kappa shape index (κ2) is 7.81. The molecule has 3 heteroatoms. The number of benzene rings is 3. The van der Waals surface area contributed by atoms with E-state index < -0.39 is 0 Å². The van der Waals surface area contributed by atoms with Crippen LogP contribution >= 0.6 is 11.6 Å². The number of hydrogen-bond donors (Lipinski definition) is 0. The summed E-state index contributed by atoms with van der Waals surface area (Å²) in [4.78, 5) is 15.2. The molecule has 134 valence electrons. The minimum atomic E-state index is 0.0370. The van der Waals surface area contributed by atoms with Crippen molar-refractivity contribution in [1.82, 2.24) is 4.90 Å². The highest BCUT2D eigenvalue weighted by Crippen LogP contribution is 2.35. The molecule has 0 aromatic heterocycles. The number of carbonyl (C=O) groups excluding carboxylic acids is 1. The van der Waals surface area contributed by atoms with E-state index in [1.807, 2.05) is 66.9 Å². The second-order valence-electron chi connectivity index (χ2n) is 6.76. The van der Waals surface area contributed by atoms with E-state index in [0.29, 0.717) is 11.4 Å². The van der Waals surface area contributed by atoms with E-state index in [0.717, 1.165) is 23.2 Å². The van der Waals surface area contributed by atoms with Gasteiger partial charge in [-0.1, -0.05) is 84.4 Å². The van der Waals surface area contributed by atoms with Crippen molar-refractivity contribution in [3.8, 4) is 0 Å². The fourth-order valence-electron chi connectivity index (χ4n) is 3.53. The number of halogens is 1. The lowest BCUT2D eigenvalue weighted by Crippen LogP contribution is -2.30. The van der Waals surface area contributed by atoms with Crippen LogP contribution < -0.4 is 0 Å². The number of rotatable bonds is 4. The summed E-state index contributed by atoms with van der Waals surface area (Å²) in [5, 5.41) is 0.672. The maximum Gasteiger partial charge on any atom is 0.167 e. The maximum atomic E-state index is 12.9. The number of hydrogen-bond acceptors (Lipinski definition) is 2. The summed E-state index contributed by atoms with van der Waals surface area (Å²) in [6, 6.07) is 28.1. The van der Waals surface area contributed by atoms with Gasteiger partial charge in [-0.2, -0.15) is 0 Å². The van der Waals surface area contributed by atoms with Gasteiger partial charge >= 0.3 is 0 Å². The predicted molar refractivity (Wildman–Crippen MR) is 110 cm³/mol. The molecule has 0 amide bonds. The van der Waals surface area contributed by atoms with Crippen LogP contribution in [0.4, 0.5) is 0 Å². The van der Waals surface area contributed by atoms with E-state index in [-0.39, 0.29) is 11.8 Å². The van der Waals surface area contributed by atoms with E-state index in [9.17, 15) is 4.79 Å². The molecule has 1 heterocycles. The first-order valence-corrected chi connectivity index (χ1v) is 9.44.